The Labute approximate surface area is 274 Å². The van der Waals surface area contributed by atoms with Crippen LogP contribution >= 0.6 is 0 Å². The molecule has 4 aromatic carbocycles. The Balaban J connectivity index is 1.30. The summed E-state index contributed by atoms with van der Waals surface area (Å²) in [6, 6.07) is 27.5. The van der Waals surface area contributed by atoms with Crippen LogP contribution in [0, 0.1) is 11.7 Å². The molecule has 3 atom stereocenters. The third kappa shape index (κ3) is 9.31. The van der Waals surface area contributed by atoms with Crippen molar-refractivity contribution in [1.29, 1.82) is 0 Å². The minimum absolute atomic E-state index is 0.0431. The second-order valence-electron chi connectivity index (χ2n) is 12.1. The fraction of sp³-hybridized carbons (Fsp3) is 0.297. The number of hydrogen-bond acceptors (Lipinski definition) is 6. The highest BCUT2D eigenvalue weighted by atomic mass is 19.1. The predicted molar refractivity (Wildman–Crippen MR) is 180 cm³/mol. The molecule has 0 fully saturated rings. The Hall–Kier alpha value is -4.93. The van der Waals surface area contributed by atoms with E-state index in [9.17, 15) is 19.1 Å². The van der Waals surface area contributed by atoms with Gasteiger partial charge in [-0.05, 0) is 86.3 Å². The number of urea groups is 1. The van der Waals surface area contributed by atoms with Gasteiger partial charge < -0.3 is 30.1 Å². The van der Waals surface area contributed by atoms with Gasteiger partial charge in [0.25, 0.3) is 0 Å². The minimum atomic E-state index is -0.504. The number of ether oxygens (including phenoxy) is 2. The molecule has 0 unspecified atom stereocenters. The van der Waals surface area contributed by atoms with Crippen LogP contribution in [0.4, 0.5) is 20.6 Å². The van der Waals surface area contributed by atoms with Crippen molar-refractivity contribution >= 4 is 23.3 Å². The number of carbonyl (C=O) groups excluding carboxylic acids is 2. The van der Waals surface area contributed by atoms with Crippen molar-refractivity contribution in [2.24, 2.45) is 5.92 Å². The highest BCUT2D eigenvalue weighted by Crippen LogP contribution is 2.30. The van der Waals surface area contributed by atoms with E-state index in [0.717, 1.165) is 17.1 Å². The molecule has 0 saturated carbocycles. The lowest BCUT2D eigenvalue weighted by atomic mass is 10.0. The first-order chi connectivity index (χ1) is 22.7. The van der Waals surface area contributed by atoms with Gasteiger partial charge in [0.2, 0.25) is 5.91 Å². The summed E-state index contributed by atoms with van der Waals surface area (Å²) in [5.41, 5.74) is 2.66. The fourth-order valence-electron chi connectivity index (χ4n) is 5.52. The average Bonchev–Trinajstić information content (AvgIpc) is 3.10. The van der Waals surface area contributed by atoms with E-state index in [4.69, 9.17) is 9.47 Å². The summed E-state index contributed by atoms with van der Waals surface area (Å²) >= 11 is 0. The lowest BCUT2D eigenvalue weighted by Gasteiger charge is -2.34. The van der Waals surface area contributed by atoms with Crippen molar-refractivity contribution in [3.8, 4) is 17.2 Å². The second-order valence-corrected chi connectivity index (χ2v) is 12.1. The molecule has 1 heterocycles. The van der Waals surface area contributed by atoms with Crippen molar-refractivity contribution in [3.05, 3.63) is 114 Å². The molecule has 0 aromatic heterocycles. The van der Waals surface area contributed by atoms with Crippen LogP contribution in [0.1, 0.15) is 25.0 Å². The lowest BCUT2D eigenvalue weighted by molar-refractivity contribution is -0.134. The van der Waals surface area contributed by atoms with Gasteiger partial charge in [0.05, 0.1) is 19.1 Å². The Bertz CT molecular complexity index is 1640. The van der Waals surface area contributed by atoms with E-state index in [2.05, 4.69) is 22.5 Å². The van der Waals surface area contributed by atoms with Gasteiger partial charge >= 0.3 is 6.03 Å². The highest BCUT2D eigenvalue weighted by molar-refractivity contribution is 6.00. The molecule has 1 aliphatic rings. The van der Waals surface area contributed by atoms with Crippen LogP contribution in [0.15, 0.2) is 97.1 Å². The van der Waals surface area contributed by atoms with E-state index in [1.807, 2.05) is 68.6 Å². The number of likely N-dealkylation sites (N-methyl/N-ethyl adjacent to an activating group) is 1. The highest BCUT2D eigenvalue weighted by Gasteiger charge is 2.31. The molecule has 10 heteroatoms. The smallest absolute Gasteiger partial charge is 0.323 e. The first kappa shape index (κ1) is 33.4. The number of amides is 3. The number of nitrogens with zero attached hydrogens (tertiary/aromatic N) is 2. The zero-order chi connectivity index (χ0) is 33.3. The standard InChI is InChI=1S/C37H41FN4O5/c1-25-21-42(26(2)24-43)36(44)20-28-19-31(40-37(45)39-30-13-11-29(38)12-14-30)15-18-34(28)47-35(25)23-41(3)22-27-9-16-33(17-10-27)46-32-7-5-4-6-8-32/h4-19,25-26,35,43H,20-24H2,1-3H3,(H2,39,40,45)/t25-,26+,35-/m0/s1. The monoisotopic (exact) mass is 640 g/mol. The number of benzene rings is 4. The Kier molecular flexibility index (Phi) is 11.1. The molecular formula is C37H41FN4O5. The quantitative estimate of drug-likeness (QED) is 0.182. The maximum absolute atomic E-state index is 13.6. The molecule has 9 nitrogen and oxygen atoms in total. The Morgan fingerprint density at radius 2 is 1.66 bits per heavy atom. The van der Waals surface area contributed by atoms with Crippen LogP contribution in [0.2, 0.25) is 0 Å². The average molecular weight is 641 g/mol. The second kappa shape index (κ2) is 15.6. The number of carbonyl (C=O) groups is 2. The van der Waals surface area contributed by atoms with Gasteiger partial charge in [0, 0.05) is 42.5 Å². The van der Waals surface area contributed by atoms with Crippen LogP contribution in [0.25, 0.3) is 0 Å². The van der Waals surface area contributed by atoms with Gasteiger partial charge in [-0.15, -0.1) is 0 Å². The molecule has 1 aliphatic heterocycles. The zero-order valence-corrected chi connectivity index (χ0v) is 26.9. The third-order valence-corrected chi connectivity index (χ3v) is 8.12. The minimum Gasteiger partial charge on any atom is -0.488 e. The number of aliphatic hydroxyl groups excluding tert-OH is 1. The third-order valence-electron chi connectivity index (χ3n) is 8.12. The van der Waals surface area contributed by atoms with E-state index in [-0.39, 0.29) is 37.0 Å². The van der Waals surface area contributed by atoms with Gasteiger partial charge in [-0.3, -0.25) is 9.69 Å². The maximum atomic E-state index is 13.6. The van der Waals surface area contributed by atoms with Crippen LogP contribution < -0.4 is 20.1 Å². The SMILES string of the molecule is C[C@H](CO)N1C[C@H](C)[C@H](CN(C)Cc2ccc(Oc3ccccc3)cc2)Oc2ccc(NC(=O)Nc3ccc(F)cc3)cc2CC1=O. The van der Waals surface area contributed by atoms with E-state index in [1.165, 1.54) is 24.3 Å². The first-order valence-corrected chi connectivity index (χ1v) is 15.7. The summed E-state index contributed by atoms with van der Waals surface area (Å²) in [5, 5.41) is 15.4. The number of aliphatic hydroxyl groups is 1. The summed E-state index contributed by atoms with van der Waals surface area (Å²) in [6.07, 6.45) is -0.235. The van der Waals surface area contributed by atoms with Crippen LogP contribution in [-0.2, 0) is 17.8 Å². The number of halogens is 1. The largest absolute Gasteiger partial charge is 0.488 e. The number of nitrogens with one attached hydrogen (secondary N) is 2. The van der Waals surface area contributed by atoms with E-state index in [0.29, 0.717) is 42.3 Å². The summed E-state index contributed by atoms with van der Waals surface area (Å²) in [7, 11) is 2.03. The Morgan fingerprint density at radius 1 is 1.00 bits per heavy atom. The van der Waals surface area contributed by atoms with Gasteiger partial charge in [-0.2, -0.15) is 0 Å². The van der Waals surface area contributed by atoms with Crippen molar-refractivity contribution < 1.29 is 28.6 Å². The number of hydrogen-bond donors (Lipinski definition) is 3. The molecule has 0 aliphatic carbocycles. The number of rotatable bonds is 10. The van der Waals surface area contributed by atoms with Crippen LogP contribution in [-0.4, -0.2) is 65.7 Å². The molecule has 3 amide bonds. The fourth-order valence-corrected chi connectivity index (χ4v) is 5.52. The summed E-state index contributed by atoms with van der Waals surface area (Å²) in [5.74, 6) is 1.52. The first-order valence-electron chi connectivity index (χ1n) is 15.7. The zero-order valence-electron chi connectivity index (χ0n) is 26.9. The summed E-state index contributed by atoms with van der Waals surface area (Å²) in [4.78, 5) is 30.1. The van der Waals surface area contributed by atoms with Crippen molar-refractivity contribution in [2.45, 2.75) is 39.0 Å². The van der Waals surface area contributed by atoms with Crippen molar-refractivity contribution in [2.75, 3.05) is 37.4 Å². The predicted octanol–water partition coefficient (Wildman–Crippen LogP) is 6.54. The molecule has 5 rings (SSSR count). The molecule has 4 aromatic rings. The summed E-state index contributed by atoms with van der Waals surface area (Å²) in [6.45, 7) is 5.40. The van der Waals surface area contributed by atoms with Crippen molar-refractivity contribution in [3.63, 3.8) is 0 Å². The summed E-state index contributed by atoms with van der Waals surface area (Å²) < 4.78 is 25.8. The topological polar surface area (TPSA) is 103 Å². The van der Waals surface area contributed by atoms with E-state index in [1.54, 1.807) is 23.1 Å². The maximum Gasteiger partial charge on any atom is 0.323 e. The van der Waals surface area contributed by atoms with Gasteiger partial charge in [-0.25, -0.2) is 9.18 Å². The molecule has 246 valence electrons. The van der Waals surface area contributed by atoms with E-state index >= 15 is 0 Å². The van der Waals surface area contributed by atoms with Gasteiger partial charge in [-0.1, -0.05) is 37.3 Å². The molecule has 0 saturated heterocycles. The molecule has 47 heavy (non-hydrogen) atoms. The van der Waals surface area contributed by atoms with Crippen LogP contribution in [0.3, 0.4) is 0 Å². The molecular weight excluding hydrogens is 599 g/mol. The van der Waals surface area contributed by atoms with Crippen LogP contribution in [0.5, 0.6) is 17.2 Å². The van der Waals surface area contributed by atoms with Gasteiger partial charge in [0.1, 0.15) is 29.2 Å². The van der Waals surface area contributed by atoms with Gasteiger partial charge in [0.15, 0.2) is 0 Å². The Morgan fingerprint density at radius 3 is 2.36 bits per heavy atom. The number of fused-ring (bicyclic) bond motifs is 1. The number of para-hydroxylation sites is 1. The van der Waals surface area contributed by atoms with Crippen molar-refractivity contribution in [1.82, 2.24) is 9.80 Å². The normalized spacial score (nSPS) is 17.1. The number of anilines is 2. The molecule has 3 N–H and O–H groups in total. The lowest BCUT2D eigenvalue weighted by Crippen LogP contribution is -2.47. The molecule has 0 bridgehead atoms. The molecule has 0 spiro atoms. The van der Waals surface area contributed by atoms with E-state index < -0.39 is 11.8 Å². The molecule has 0 radical (unpaired) electrons.